The lowest BCUT2D eigenvalue weighted by atomic mass is 10.1. The predicted octanol–water partition coefficient (Wildman–Crippen LogP) is 4.57. The Morgan fingerprint density at radius 3 is 2.62 bits per heavy atom. The van der Waals surface area contributed by atoms with E-state index in [0.717, 1.165) is 28.4 Å². The number of carbonyl (C=O) groups is 2. The second kappa shape index (κ2) is 7.39. The van der Waals surface area contributed by atoms with Crippen molar-refractivity contribution < 1.29 is 23.8 Å². The normalized spacial score (nSPS) is 11.1. The van der Waals surface area contributed by atoms with Crippen molar-refractivity contribution >= 4 is 34.1 Å². The second-order valence-electron chi connectivity index (χ2n) is 6.91. The van der Waals surface area contributed by atoms with E-state index in [-0.39, 0.29) is 5.82 Å². The van der Waals surface area contributed by atoms with E-state index in [1.807, 2.05) is 29.7 Å². The highest BCUT2D eigenvalue weighted by molar-refractivity contribution is 6.17. The molecule has 1 N–H and O–H groups in total. The maximum Gasteiger partial charge on any atom is 0.341 e. The molecule has 0 unspecified atom stereocenters. The summed E-state index contributed by atoms with van der Waals surface area (Å²) in [5, 5.41) is 10.4. The monoisotopic (exact) mass is 391 g/mol. The Balaban J connectivity index is 2.03. The number of aromatic nitrogens is 1. The minimum atomic E-state index is -1.08. The van der Waals surface area contributed by atoms with Crippen molar-refractivity contribution in [3.8, 4) is 5.75 Å². The Morgan fingerprint density at radius 2 is 1.90 bits per heavy atom. The first-order chi connectivity index (χ1) is 14.0. The number of benzene rings is 3. The van der Waals surface area contributed by atoms with Gasteiger partial charge in [-0.15, -0.1) is 0 Å². The molecule has 0 saturated carbocycles. The molecule has 0 saturated heterocycles. The topological polar surface area (TPSA) is 68.5 Å². The van der Waals surface area contributed by atoms with Crippen LogP contribution in [0.2, 0.25) is 0 Å². The number of aryl methyl sites for hydroxylation is 1. The molecule has 5 nitrogen and oxygen atoms in total. The second-order valence-corrected chi connectivity index (χ2v) is 6.91. The van der Waals surface area contributed by atoms with E-state index in [0.29, 0.717) is 28.6 Å². The van der Waals surface area contributed by atoms with Gasteiger partial charge in [-0.1, -0.05) is 24.3 Å². The number of ether oxygens (including phenoxy) is 1. The predicted molar refractivity (Wildman–Crippen MR) is 108 cm³/mol. The molecule has 0 fully saturated rings. The number of rotatable bonds is 6. The number of fused-ring (bicyclic) bond motifs is 3. The third-order valence-electron chi connectivity index (χ3n) is 4.84. The molecular weight excluding hydrogens is 373 g/mol. The van der Waals surface area contributed by atoms with Gasteiger partial charge >= 0.3 is 5.97 Å². The van der Waals surface area contributed by atoms with Crippen molar-refractivity contribution in [3.63, 3.8) is 0 Å². The third-order valence-corrected chi connectivity index (χ3v) is 4.84. The van der Waals surface area contributed by atoms with E-state index in [1.165, 1.54) is 12.1 Å². The highest BCUT2D eigenvalue weighted by Crippen LogP contribution is 2.38. The van der Waals surface area contributed by atoms with Gasteiger partial charge in [-0.25, -0.2) is 9.18 Å². The fraction of sp³-hybridized carbons (Fsp3) is 0.130. The molecule has 146 valence electrons. The van der Waals surface area contributed by atoms with Crippen LogP contribution in [0.3, 0.4) is 0 Å². The van der Waals surface area contributed by atoms with Gasteiger partial charge in [0.25, 0.3) is 0 Å². The molecule has 0 radical (unpaired) electrons. The van der Waals surface area contributed by atoms with Gasteiger partial charge in [-0.3, -0.25) is 4.79 Å². The van der Waals surface area contributed by atoms with E-state index >= 15 is 0 Å². The van der Waals surface area contributed by atoms with Gasteiger partial charge in [0.1, 0.15) is 11.6 Å². The molecule has 0 aliphatic rings. The number of carbonyl (C=O) groups excluding carboxylic acids is 1. The van der Waals surface area contributed by atoms with Crippen molar-refractivity contribution in [1.82, 2.24) is 4.57 Å². The van der Waals surface area contributed by atoms with Gasteiger partial charge in [0.15, 0.2) is 12.9 Å². The highest BCUT2D eigenvalue weighted by atomic mass is 19.1. The average Bonchev–Trinajstić information content (AvgIpc) is 3.00. The van der Waals surface area contributed by atoms with Crippen molar-refractivity contribution in [1.29, 1.82) is 0 Å². The lowest BCUT2D eigenvalue weighted by Gasteiger charge is -2.10. The molecule has 4 aromatic rings. The van der Waals surface area contributed by atoms with Crippen LogP contribution in [-0.4, -0.2) is 28.5 Å². The average molecular weight is 391 g/mol. The zero-order chi connectivity index (χ0) is 20.5. The van der Waals surface area contributed by atoms with Crippen LogP contribution in [0.1, 0.15) is 21.5 Å². The van der Waals surface area contributed by atoms with Crippen LogP contribution >= 0.6 is 0 Å². The van der Waals surface area contributed by atoms with Crippen LogP contribution in [-0.2, 0) is 11.3 Å². The van der Waals surface area contributed by atoms with Crippen LogP contribution in [0, 0.1) is 12.7 Å². The summed E-state index contributed by atoms with van der Waals surface area (Å²) in [6.07, 6.45) is 0.773. The molecular formula is C23H18FNO4. The van der Waals surface area contributed by atoms with E-state index in [2.05, 4.69) is 0 Å². The van der Waals surface area contributed by atoms with Crippen LogP contribution in [0.15, 0.2) is 54.6 Å². The number of nitrogens with zero attached hydrogens (tertiary/aromatic N) is 1. The van der Waals surface area contributed by atoms with E-state index in [9.17, 15) is 14.0 Å². The third kappa shape index (κ3) is 3.45. The summed E-state index contributed by atoms with van der Waals surface area (Å²) in [6.45, 7) is 1.79. The molecule has 0 bridgehead atoms. The number of carboxylic acids is 1. The molecule has 6 heteroatoms. The molecule has 4 rings (SSSR count). The molecule has 0 aliphatic carbocycles. The van der Waals surface area contributed by atoms with E-state index in [1.54, 1.807) is 24.3 Å². The summed E-state index contributed by atoms with van der Waals surface area (Å²) < 4.78 is 21.3. The van der Waals surface area contributed by atoms with Gasteiger partial charge in [0, 0.05) is 17.5 Å². The fourth-order valence-corrected chi connectivity index (χ4v) is 3.72. The van der Waals surface area contributed by atoms with Gasteiger partial charge in [0.05, 0.1) is 16.4 Å². The van der Waals surface area contributed by atoms with Crippen LogP contribution in [0.5, 0.6) is 5.75 Å². The first kappa shape index (κ1) is 18.7. The van der Waals surface area contributed by atoms with Gasteiger partial charge in [-0.05, 0) is 48.4 Å². The smallest absolute Gasteiger partial charge is 0.341 e. The number of aliphatic carboxylic acids is 1. The number of hydrogen-bond donors (Lipinski definition) is 1. The lowest BCUT2D eigenvalue weighted by molar-refractivity contribution is -0.139. The minimum absolute atomic E-state index is 0.321. The summed E-state index contributed by atoms with van der Waals surface area (Å²) in [4.78, 5) is 22.8. The Hall–Kier alpha value is -3.67. The Morgan fingerprint density at radius 1 is 1.10 bits per heavy atom. The molecule has 29 heavy (non-hydrogen) atoms. The summed E-state index contributed by atoms with van der Waals surface area (Å²) in [6, 6.07) is 15.5. The molecule has 0 atom stereocenters. The van der Waals surface area contributed by atoms with Crippen LogP contribution < -0.4 is 4.74 Å². The molecule has 0 aliphatic heterocycles. The Labute approximate surface area is 165 Å². The standard InChI is InChI=1S/C23H18FNO4/c1-14-8-19-23(20(9-14)29-13-21(27)28)22-16(12-26)5-3-7-18(22)25(19)11-15-4-2-6-17(24)10-15/h2-10,12H,11,13H2,1H3,(H,27,28). The van der Waals surface area contributed by atoms with E-state index in [4.69, 9.17) is 9.84 Å². The first-order valence-electron chi connectivity index (χ1n) is 9.07. The summed E-state index contributed by atoms with van der Waals surface area (Å²) >= 11 is 0. The van der Waals surface area contributed by atoms with Crippen molar-refractivity contribution in [2.24, 2.45) is 0 Å². The molecule has 3 aromatic carbocycles. The minimum Gasteiger partial charge on any atom is -0.481 e. The van der Waals surface area contributed by atoms with Gasteiger partial charge in [0.2, 0.25) is 0 Å². The molecule has 0 amide bonds. The van der Waals surface area contributed by atoms with E-state index < -0.39 is 12.6 Å². The summed E-state index contributed by atoms with van der Waals surface area (Å²) in [5.41, 5.74) is 3.72. The highest BCUT2D eigenvalue weighted by Gasteiger charge is 2.19. The number of hydrogen-bond acceptors (Lipinski definition) is 3. The fourth-order valence-electron chi connectivity index (χ4n) is 3.72. The van der Waals surface area contributed by atoms with Crippen LogP contribution in [0.25, 0.3) is 21.8 Å². The van der Waals surface area contributed by atoms with Crippen molar-refractivity contribution in [3.05, 3.63) is 77.1 Å². The van der Waals surface area contributed by atoms with Gasteiger partial charge < -0.3 is 14.4 Å². The quantitative estimate of drug-likeness (QED) is 0.489. The largest absolute Gasteiger partial charge is 0.481 e. The summed E-state index contributed by atoms with van der Waals surface area (Å²) in [5.74, 6) is -1.00. The maximum atomic E-state index is 13.7. The molecule has 1 heterocycles. The van der Waals surface area contributed by atoms with Crippen LogP contribution in [0.4, 0.5) is 4.39 Å². The SMILES string of the molecule is Cc1cc(OCC(=O)O)c2c3c(C=O)cccc3n(Cc3cccc(F)c3)c2c1. The number of carboxylic acid groups (broad SMARTS) is 1. The van der Waals surface area contributed by atoms with Crippen molar-refractivity contribution in [2.45, 2.75) is 13.5 Å². The first-order valence-corrected chi connectivity index (χ1v) is 9.07. The Bertz CT molecular complexity index is 1260. The maximum absolute atomic E-state index is 13.7. The zero-order valence-electron chi connectivity index (χ0n) is 15.7. The summed E-state index contributed by atoms with van der Waals surface area (Å²) in [7, 11) is 0. The Kier molecular flexibility index (Phi) is 4.76. The number of halogens is 1. The number of aldehydes is 1. The zero-order valence-corrected chi connectivity index (χ0v) is 15.7. The molecule has 1 aromatic heterocycles. The lowest BCUT2D eigenvalue weighted by Crippen LogP contribution is -2.09. The molecule has 0 spiro atoms. The van der Waals surface area contributed by atoms with Crippen molar-refractivity contribution in [2.75, 3.05) is 6.61 Å². The van der Waals surface area contributed by atoms with Gasteiger partial charge in [-0.2, -0.15) is 0 Å².